The van der Waals surface area contributed by atoms with E-state index in [4.69, 9.17) is 9.47 Å². The highest BCUT2D eigenvalue weighted by molar-refractivity contribution is 5.87. The van der Waals surface area contributed by atoms with Crippen LogP contribution in [0.3, 0.4) is 0 Å². The Bertz CT molecular complexity index is 2070. The van der Waals surface area contributed by atoms with Crippen molar-refractivity contribution in [2.75, 3.05) is 40.5 Å². The van der Waals surface area contributed by atoms with Crippen molar-refractivity contribution in [3.63, 3.8) is 0 Å². The molecular formula is C41H49F3N8O7. The molecule has 316 valence electrons. The van der Waals surface area contributed by atoms with Gasteiger partial charge in [0.15, 0.2) is 0 Å². The van der Waals surface area contributed by atoms with Crippen LogP contribution in [0, 0.1) is 5.92 Å². The number of benzene rings is 2. The lowest BCUT2D eigenvalue weighted by atomic mass is 10.0. The first-order chi connectivity index (χ1) is 28.3. The predicted molar refractivity (Wildman–Crippen MR) is 209 cm³/mol. The second kappa shape index (κ2) is 18.8. The smallest absolute Gasteiger partial charge is 0.411 e. The monoisotopic (exact) mass is 822 g/mol. The first kappa shape index (κ1) is 42.7. The second-order valence-electron chi connectivity index (χ2n) is 14.9. The van der Waals surface area contributed by atoms with Crippen molar-refractivity contribution in [1.29, 1.82) is 0 Å². The highest BCUT2D eigenvalue weighted by Gasteiger charge is 2.38. The van der Waals surface area contributed by atoms with Crippen LogP contribution in [0.4, 0.5) is 22.8 Å². The van der Waals surface area contributed by atoms with Gasteiger partial charge in [-0.1, -0.05) is 62.4 Å². The number of imidazole rings is 2. The largest absolute Gasteiger partial charge is 0.453 e. The molecule has 0 radical (unpaired) electrons. The Kier molecular flexibility index (Phi) is 13.6. The first-order valence-corrected chi connectivity index (χ1v) is 19.5. The number of amides is 4. The summed E-state index contributed by atoms with van der Waals surface area (Å²) in [5, 5.41) is 5.10. The molecule has 0 spiro atoms. The number of nitrogens with zero attached hydrogens (tertiary/aromatic N) is 4. The summed E-state index contributed by atoms with van der Waals surface area (Å²) in [5.41, 5.74) is 5.34. The summed E-state index contributed by atoms with van der Waals surface area (Å²) in [5.74, 6) is 0.482. The van der Waals surface area contributed by atoms with E-state index in [1.165, 1.54) is 7.11 Å². The van der Waals surface area contributed by atoms with Gasteiger partial charge in [0.05, 0.1) is 50.1 Å². The lowest BCUT2D eigenvalue weighted by Gasteiger charge is -2.30. The third-order valence-electron chi connectivity index (χ3n) is 10.6. The molecule has 2 saturated heterocycles. The summed E-state index contributed by atoms with van der Waals surface area (Å²) in [7, 11) is 2.41. The third-order valence-corrected chi connectivity index (χ3v) is 10.6. The molecule has 15 nitrogen and oxygen atoms in total. The Hall–Kier alpha value is -5.91. The zero-order chi connectivity index (χ0) is 42.3. The fourth-order valence-corrected chi connectivity index (χ4v) is 7.55. The quantitative estimate of drug-likeness (QED) is 0.103. The van der Waals surface area contributed by atoms with Gasteiger partial charge in [0.25, 0.3) is 0 Å². The van der Waals surface area contributed by atoms with E-state index in [2.05, 4.69) is 35.3 Å². The number of aromatic nitrogens is 4. The van der Waals surface area contributed by atoms with Crippen molar-refractivity contribution < 1.29 is 46.6 Å². The average molecular weight is 823 g/mol. The van der Waals surface area contributed by atoms with Crippen LogP contribution in [0.1, 0.15) is 69.7 Å². The Balaban J connectivity index is 1.09. The molecule has 4 atom stereocenters. The summed E-state index contributed by atoms with van der Waals surface area (Å²) in [6.07, 6.45) is 0.105. The first-order valence-electron chi connectivity index (χ1n) is 19.5. The number of hydrogen-bond acceptors (Lipinski definition) is 9. The van der Waals surface area contributed by atoms with Crippen molar-refractivity contribution in [3.05, 3.63) is 72.6 Å². The van der Waals surface area contributed by atoms with Crippen molar-refractivity contribution in [2.45, 2.75) is 76.3 Å². The summed E-state index contributed by atoms with van der Waals surface area (Å²) in [4.78, 5) is 70.4. The van der Waals surface area contributed by atoms with Gasteiger partial charge in [-0.25, -0.2) is 19.6 Å². The van der Waals surface area contributed by atoms with Gasteiger partial charge in [-0.05, 0) is 53.9 Å². The number of carbonyl (C=O) groups is 4. The maximum atomic E-state index is 13.6. The van der Waals surface area contributed by atoms with E-state index in [0.717, 1.165) is 53.6 Å². The standard InChI is InChI=1S/C41H49F3N8O7/c1-24(2)34(50-40(56)58-4)38(54)52-19-6-8-33(52)36-46-22-31(48-36)28-15-11-26(12-16-28)25-9-13-27(14-10-25)30-21-45-35(47-30)32-7-5-18-51(32)37(53)29(49-39(55)57-3)17-20-59-23-41(42,43)44/h9-16,21-22,24,29,32-34H,5-8,17-20,23H2,1-4H3,(H,45,47)(H,46,48)(H,49,55)(H,50,56)/t29-,32-,33-,34-/m0/s1. The molecule has 2 aliphatic heterocycles. The van der Waals surface area contributed by atoms with Gasteiger partial charge in [0.1, 0.15) is 30.3 Å². The SMILES string of the molecule is COC(=O)N[C@@H](CCOCC(F)(F)F)C(=O)N1CCC[C@H]1c1ncc(-c2ccc(-c3ccc(-c4cnc([C@@H]5CCCN5C(=O)[C@@H](NC(=O)OC)C(C)C)[nH]4)cc3)cc2)[nH]1. The molecule has 4 heterocycles. The Labute approximate surface area is 339 Å². The van der Waals surface area contributed by atoms with Gasteiger partial charge < -0.3 is 44.6 Å². The van der Waals surface area contributed by atoms with Crippen LogP contribution in [0.2, 0.25) is 0 Å². The number of hydrogen-bond donors (Lipinski definition) is 4. The number of methoxy groups -OCH3 is 2. The highest BCUT2D eigenvalue weighted by atomic mass is 19.4. The molecule has 2 fully saturated rings. The van der Waals surface area contributed by atoms with Crippen LogP contribution >= 0.6 is 0 Å². The molecule has 2 aromatic heterocycles. The van der Waals surface area contributed by atoms with E-state index in [0.29, 0.717) is 37.6 Å². The minimum absolute atomic E-state index is 0.130. The zero-order valence-corrected chi connectivity index (χ0v) is 33.3. The molecule has 2 aliphatic rings. The molecule has 6 rings (SSSR count). The normalized spacial score (nSPS) is 17.8. The maximum absolute atomic E-state index is 13.6. The molecule has 0 aliphatic carbocycles. The highest BCUT2D eigenvalue weighted by Crippen LogP contribution is 2.35. The minimum atomic E-state index is -4.51. The van der Waals surface area contributed by atoms with Crippen LogP contribution < -0.4 is 10.6 Å². The summed E-state index contributed by atoms with van der Waals surface area (Å²) in [6, 6.07) is 13.5. The van der Waals surface area contributed by atoms with Gasteiger partial charge in [0, 0.05) is 26.1 Å². The number of ether oxygens (including phenoxy) is 3. The zero-order valence-electron chi connectivity index (χ0n) is 33.3. The Morgan fingerprint density at radius 2 is 1.20 bits per heavy atom. The number of alkyl carbamates (subject to hydrolysis) is 2. The van der Waals surface area contributed by atoms with Crippen molar-refractivity contribution in [3.8, 4) is 33.6 Å². The second-order valence-corrected chi connectivity index (χ2v) is 14.9. The number of likely N-dealkylation sites (tertiary alicyclic amines) is 2. The fourth-order valence-electron chi connectivity index (χ4n) is 7.55. The van der Waals surface area contributed by atoms with E-state index in [-0.39, 0.29) is 24.3 Å². The topological polar surface area (TPSA) is 184 Å². The molecule has 59 heavy (non-hydrogen) atoms. The van der Waals surface area contributed by atoms with Crippen molar-refractivity contribution >= 4 is 24.0 Å². The van der Waals surface area contributed by atoms with Crippen molar-refractivity contribution in [1.82, 2.24) is 40.4 Å². The molecule has 0 saturated carbocycles. The summed E-state index contributed by atoms with van der Waals surface area (Å²) >= 11 is 0. The molecule has 4 aromatic rings. The van der Waals surface area contributed by atoms with Crippen LogP contribution in [-0.2, 0) is 23.8 Å². The van der Waals surface area contributed by atoms with E-state index < -0.39 is 55.6 Å². The molecule has 0 bridgehead atoms. The minimum Gasteiger partial charge on any atom is -0.453 e. The van der Waals surface area contributed by atoms with Gasteiger partial charge in [-0.3, -0.25) is 9.59 Å². The number of aromatic amines is 2. The summed E-state index contributed by atoms with van der Waals surface area (Å²) in [6.45, 7) is 2.86. The molecule has 4 N–H and O–H groups in total. The third kappa shape index (κ3) is 10.4. The number of nitrogens with one attached hydrogen (secondary N) is 4. The number of alkyl halides is 3. The van der Waals surface area contributed by atoms with E-state index in [1.807, 2.05) is 62.4 Å². The van der Waals surface area contributed by atoms with E-state index in [9.17, 15) is 32.3 Å². The molecular weight excluding hydrogens is 773 g/mol. The van der Waals surface area contributed by atoms with E-state index >= 15 is 0 Å². The van der Waals surface area contributed by atoms with Crippen LogP contribution in [0.15, 0.2) is 60.9 Å². The van der Waals surface area contributed by atoms with Crippen LogP contribution in [0.25, 0.3) is 33.6 Å². The number of H-pyrrole nitrogens is 2. The van der Waals surface area contributed by atoms with Crippen LogP contribution in [-0.4, -0.2) is 113 Å². The van der Waals surface area contributed by atoms with E-state index in [1.54, 1.807) is 22.2 Å². The molecule has 18 heteroatoms. The molecule has 0 unspecified atom stereocenters. The van der Waals surface area contributed by atoms with Gasteiger partial charge in [-0.2, -0.15) is 13.2 Å². The van der Waals surface area contributed by atoms with Gasteiger partial charge in [0.2, 0.25) is 11.8 Å². The van der Waals surface area contributed by atoms with Crippen LogP contribution in [0.5, 0.6) is 0 Å². The number of carbonyl (C=O) groups excluding carboxylic acids is 4. The fraction of sp³-hybridized carbons (Fsp3) is 0.463. The maximum Gasteiger partial charge on any atom is 0.411 e. The summed E-state index contributed by atoms with van der Waals surface area (Å²) < 4.78 is 51.8. The Morgan fingerprint density at radius 1 is 0.746 bits per heavy atom. The Morgan fingerprint density at radius 3 is 1.66 bits per heavy atom. The van der Waals surface area contributed by atoms with Crippen molar-refractivity contribution in [2.24, 2.45) is 5.92 Å². The molecule has 2 aromatic carbocycles. The number of rotatable bonds is 14. The lowest BCUT2D eigenvalue weighted by molar-refractivity contribution is -0.174. The predicted octanol–water partition coefficient (Wildman–Crippen LogP) is 6.54. The lowest BCUT2D eigenvalue weighted by Crippen LogP contribution is -2.51. The van der Waals surface area contributed by atoms with Gasteiger partial charge >= 0.3 is 18.4 Å². The number of halogens is 3. The molecule has 4 amide bonds. The average Bonchev–Trinajstić information content (AvgIpc) is 4.07. The van der Waals surface area contributed by atoms with Gasteiger partial charge in [-0.15, -0.1) is 0 Å².